The Morgan fingerprint density at radius 1 is 1.00 bits per heavy atom. The minimum atomic E-state index is 0.501. The van der Waals surface area contributed by atoms with Gasteiger partial charge in [-0.3, -0.25) is 0 Å². The Morgan fingerprint density at radius 3 is 2.57 bits per heavy atom. The number of hydrogen-bond donors (Lipinski definition) is 2. The Hall–Kier alpha value is -2.41. The molecule has 140 valence electrons. The first-order chi connectivity index (χ1) is 13.6. The summed E-state index contributed by atoms with van der Waals surface area (Å²) in [6.07, 6.45) is 3.95. The second kappa shape index (κ2) is 8.31. The maximum Gasteiger partial charge on any atom is 0.227 e. The Bertz CT molecular complexity index is 1110. The zero-order valence-electron chi connectivity index (χ0n) is 14.5. The van der Waals surface area contributed by atoms with E-state index in [1.807, 2.05) is 48.5 Å². The number of aromatic nitrogens is 4. The van der Waals surface area contributed by atoms with Gasteiger partial charge in [-0.25, -0.2) is 15.0 Å². The van der Waals surface area contributed by atoms with E-state index in [0.29, 0.717) is 22.4 Å². The molecule has 0 radical (unpaired) electrons. The molecule has 0 aliphatic rings. The summed E-state index contributed by atoms with van der Waals surface area (Å²) in [6.45, 7) is 0. The summed E-state index contributed by atoms with van der Waals surface area (Å²) in [5, 5.41) is 4.43. The maximum absolute atomic E-state index is 6.25. The van der Waals surface area contributed by atoms with Crippen LogP contribution in [0.1, 0.15) is 11.4 Å². The van der Waals surface area contributed by atoms with Gasteiger partial charge >= 0.3 is 0 Å². The van der Waals surface area contributed by atoms with Crippen molar-refractivity contribution in [2.75, 3.05) is 5.32 Å². The quantitative estimate of drug-likeness (QED) is 0.357. The van der Waals surface area contributed by atoms with Crippen LogP contribution in [-0.4, -0.2) is 19.9 Å². The van der Waals surface area contributed by atoms with Crippen molar-refractivity contribution in [2.24, 2.45) is 0 Å². The fourth-order valence-corrected chi connectivity index (χ4v) is 3.65. The van der Waals surface area contributed by atoms with E-state index >= 15 is 0 Å². The molecule has 0 saturated carbocycles. The number of rotatable bonds is 5. The molecule has 2 aromatic heterocycles. The molecule has 0 spiro atoms. The molecule has 5 nitrogen and oxygen atoms in total. The number of imidazole rings is 1. The van der Waals surface area contributed by atoms with Gasteiger partial charge in [0.15, 0.2) is 0 Å². The first-order valence-electron chi connectivity index (χ1n) is 8.41. The third-order valence-electron chi connectivity index (χ3n) is 4.05. The minimum Gasteiger partial charge on any atom is -0.340 e. The monoisotopic (exact) mass is 473 g/mol. The summed E-state index contributed by atoms with van der Waals surface area (Å²) in [4.78, 5) is 16.6. The van der Waals surface area contributed by atoms with Crippen LogP contribution in [0.4, 0.5) is 11.6 Å². The van der Waals surface area contributed by atoms with Crippen LogP contribution in [0, 0.1) is 0 Å². The second-order valence-electron chi connectivity index (χ2n) is 6.02. The molecular formula is C20H14BrCl2N5. The van der Waals surface area contributed by atoms with E-state index in [4.69, 9.17) is 23.2 Å². The van der Waals surface area contributed by atoms with E-state index in [-0.39, 0.29) is 0 Å². The van der Waals surface area contributed by atoms with Gasteiger partial charge in [-0.15, -0.1) is 0 Å². The van der Waals surface area contributed by atoms with Crippen LogP contribution >= 0.6 is 39.1 Å². The Morgan fingerprint density at radius 2 is 1.79 bits per heavy atom. The van der Waals surface area contributed by atoms with Gasteiger partial charge < -0.3 is 10.3 Å². The first-order valence-corrected chi connectivity index (χ1v) is 9.96. The molecule has 0 amide bonds. The van der Waals surface area contributed by atoms with Gasteiger partial charge in [-0.1, -0.05) is 51.3 Å². The zero-order valence-corrected chi connectivity index (χ0v) is 17.6. The van der Waals surface area contributed by atoms with Gasteiger partial charge in [-0.2, -0.15) is 0 Å². The number of benzene rings is 2. The van der Waals surface area contributed by atoms with Gasteiger partial charge in [0.2, 0.25) is 5.95 Å². The number of aromatic amines is 1. The molecule has 0 aliphatic carbocycles. The van der Waals surface area contributed by atoms with Crippen LogP contribution in [-0.2, 0) is 6.42 Å². The Kier molecular flexibility index (Phi) is 5.62. The smallest absolute Gasteiger partial charge is 0.227 e. The fraction of sp³-hybridized carbons (Fsp3) is 0.0500. The minimum absolute atomic E-state index is 0.501. The molecule has 4 rings (SSSR count). The lowest BCUT2D eigenvalue weighted by molar-refractivity contribution is 1.03. The van der Waals surface area contributed by atoms with Crippen molar-refractivity contribution < 1.29 is 0 Å². The Balaban J connectivity index is 1.55. The standard InChI is InChI=1S/C20H14BrCl2N5/c21-12-3-1-4-13(9-12)26-20-24-8-7-17(28-20)18-11-25-19(27-18)10-14-15(22)5-2-6-16(14)23/h1-9,11H,10H2,(H,25,27)(H,24,26,28). The largest absolute Gasteiger partial charge is 0.340 e. The van der Waals surface area contributed by atoms with Gasteiger partial charge in [0, 0.05) is 32.8 Å². The lowest BCUT2D eigenvalue weighted by Gasteiger charge is -2.06. The van der Waals surface area contributed by atoms with Gasteiger partial charge in [-0.05, 0) is 42.0 Å². The van der Waals surface area contributed by atoms with E-state index in [0.717, 1.165) is 32.9 Å². The SMILES string of the molecule is Clc1cccc(Cl)c1Cc1ncc(-c2ccnc(Nc3cccc(Br)c3)n2)[nH]1. The predicted molar refractivity (Wildman–Crippen MR) is 116 cm³/mol. The molecule has 0 atom stereocenters. The van der Waals surface area contributed by atoms with Gasteiger partial charge in [0.25, 0.3) is 0 Å². The average Bonchev–Trinajstić information content (AvgIpc) is 3.14. The predicted octanol–water partition coefficient (Wildman–Crippen LogP) is 6.27. The first kappa shape index (κ1) is 18.9. The topological polar surface area (TPSA) is 66.5 Å². The van der Waals surface area contributed by atoms with Crippen molar-refractivity contribution in [1.82, 2.24) is 19.9 Å². The van der Waals surface area contributed by atoms with Crippen LogP contribution in [0.5, 0.6) is 0 Å². The third kappa shape index (κ3) is 4.35. The summed E-state index contributed by atoms with van der Waals surface area (Å²) in [5.74, 6) is 1.26. The summed E-state index contributed by atoms with van der Waals surface area (Å²) >= 11 is 16.0. The van der Waals surface area contributed by atoms with E-state index in [1.165, 1.54) is 0 Å². The normalized spacial score (nSPS) is 10.8. The molecule has 2 aromatic carbocycles. The molecule has 0 aliphatic heterocycles. The molecule has 28 heavy (non-hydrogen) atoms. The number of nitrogens with one attached hydrogen (secondary N) is 2. The van der Waals surface area contributed by atoms with E-state index < -0.39 is 0 Å². The van der Waals surface area contributed by atoms with Crippen molar-refractivity contribution >= 4 is 50.8 Å². The number of H-pyrrole nitrogens is 1. The van der Waals surface area contributed by atoms with Crippen molar-refractivity contribution in [2.45, 2.75) is 6.42 Å². The highest BCUT2D eigenvalue weighted by Gasteiger charge is 2.11. The van der Waals surface area contributed by atoms with E-state index in [2.05, 4.69) is 41.2 Å². The summed E-state index contributed by atoms with van der Waals surface area (Å²) in [6, 6.07) is 15.1. The van der Waals surface area contributed by atoms with E-state index in [9.17, 15) is 0 Å². The lowest BCUT2D eigenvalue weighted by Crippen LogP contribution is -1.98. The van der Waals surface area contributed by atoms with Crippen molar-refractivity contribution in [3.8, 4) is 11.4 Å². The highest BCUT2D eigenvalue weighted by molar-refractivity contribution is 9.10. The third-order valence-corrected chi connectivity index (χ3v) is 5.25. The molecular weight excluding hydrogens is 461 g/mol. The van der Waals surface area contributed by atoms with Crippen LogP contribution in [0.15, 0.2) is 65.4 Å². The van der Waals surface area contributed by atoms with Crippen LogP contribution in [0.25, 0.3) is 11.4 Å². The molecule has 0 unspecified atom stereocenters. The number of nitrogens with zero attached hydrogens (tertiary/aromatic N) is 3. The maximum atomic E-state index is 6.25. The van der Waals surface area contributed by atoms with Crippen molar-refractivity contribution in [3.05, 3.63) is 86.8 Å². The number of anilines is 2. The molecule has 2 N–H and O–H groups in total. The average molecular weight is 475 g/mol. The molecule has 0 bridgehead atoms. The highest BCUT2D eigenvalue weighted by Crippen LogP contribution is 2.27. The summed E-state index contributed by atoms with van der Waals surface area (Å²) < 4.78 is 0.977. The van der Waals surface area contributed by atoms with Crippen LogP contribution in [0.3, 0.4) is 0 Å². The van der Waals surface area contributed by atoms with Crippen LogP contribution in [0.2, 0.25) is 10.0 Å². The lowest BCUT2D eigenvalue weighted by atomic mass is 10.1. The molecule has 2 heterocycles. The molecule has 4 aromatic rings. The zero-order chi connectivity index (χ0) is 19.5. The molecule has 8 heteroatoms. The van der Waals surface area contributed by atoms with Crippen LogP contribution < -0.4 is 5.32 Å². The summed E-state index contributed by atoms with van der Waals surface area (Å²) in [5.41, 5.74) is 3.26. The molecule has 0 saturated heterocycles. The molecule has 0 fully saturated rings. The van der Waals surface area contributed by atoms with Gasteiger partial charge in [0.1, 0.15) is 5.82 Å². The van der Waals surface area contributed by atoms with Crippen molar-refractivity contribution in [1.29, 1.82) is 0 Å². The van der Waals surface area contributed by atoms with Gasteiger partial charge in [0.05, 0.1) is 17.6 Å². The highest BCUT2D eigenvalue weighted by atomic mass is 79.9. The Labute approximate surface area is 180 Å². The number of halogens is 3. The number of hydrogen-bond acceptors (Lipinski definition) is 4. The van der Waals surface area contributed by atoms with E-state index in [1.54, 1.807) is 12.4 Å². The van der Waals surface area contributed by atoms with Crippen molar-refractivity contribution in [3.63, 3.8) is 0 Å². The fourth-order valence-electron chi connectivity index (χ4n) is 2.72. The second-order valence-corrected chi connectivity index (χ2v) is 7.75. The summed E-state index contributed by atoms with van der Waals surface area (Å²) in [7, 11) is 0.